The van der Waals surface area contributed by atoms with Crippen molar-refractivity contribution in [3.63, 3.8) is 0 Å². The van der Waals surface area contributed by atoms with Crippen molar-refractivity contribution in [3.05, 3.63) is 35.4 Å². The summed E-state index contributed by atoms with van der Waals surface area (Å²) in [6.07, 6.45) is 5.62. The van der Waals surface area contributed by atoms with Crippen LogP contribution in [0.4, 0.5) is 8.78 Å². The molecular formula is C16H23F2N. The van der Waals surface area contributed by atoms with Crippen LogP contribution in [-0.4, -0.2) is 12.6 Å². The molecule has 0 radical (unpaired) electrons. The lowest BCUT2D eigenvalue weighted by atomic mass is 9.75. The summed E-state index contributed by atoms with van der Waals surface area (Å²) in [4.78, 5) is 0. The fourth-order valence-corrected chi connectivity index (χ4v) is 3.05. The van der Waals surface area contributed by atoms with Gasteiger partial charge in [0.25, 0.3) is 0 Å². The molecule has 1 atom stereocenters. The Morgan fingerprint density at radius 1 is 1.21 bits per heavy atom. The second-order valence-corrected chi connectivity index (χ2v) is 6.44. The van der Waals surface area contributed by atoms with Crippen molar-refractivity contribution in [2.75, 3.05) is 6.54 Å². The lowest BCUT2D eigenvalue weighted by Gasteiger charge is -2.35. The molecule has 106 valence electrons. The highest BCUT2D eigenvalue weighted by atomic mass is 19.1. The van der Waals surface area contributed by atoms with Gasteiger partial charge in [-0.3, -0.25) is 0 Å². The van der Waals surface area contributed by atoms with Gasteiger partial charge in [0.15, 0.2) is 0 Å². The first-order valence-electron chi connectivity index (χ1n) is 7.13. The van der Waals surface area contributed by atoms with E-state index < -0.39 is 11.6 Å². The zero-order valence-electron chi connectivity index (χ0n) is 11.8. The van der Waals surface area contributed by atoms with Gasteiger partial charge in [0, 0.05) is 12.1 Å². The van der Waals surface area contributed by atoms with Crippen molar-refractivity contribution < 1.29 is 8.78 Å². The van der Waals surface area contributed by atoms with Crippen LogP contribution in [0.3, 0.4) is 0 Å². The highest BCUT2D eigenvalue weighted by molar-refractivity contribution is 5.18. The highest BCUT2D eigenvalue weighted by Crippen LogP contribution is 2.34. The van der Waals surface area contributed by atoms with E-state index in [9.17, 15) is 8.78 Å². The zero-order chi connectivity index (χ0) is 13.9. The molecule has 1 aliphatic rings. The van der Waals surface area contributed by atoms with Gasteiger partial charge in [-0.05, 0) is 55.3 Å². The Kier molecular flexibility index (Phi) is 4.56. The molecule has 1 aliphatic carbocycles. The molecular weight excluding hydrogens is 244 g/mol. The number of rotatable bonds is 4. The second-order valence-electron chi connectivity index (χ2n) is 6.44. The summed E-state index contributed by atoms with van der Waals surface area (Å²) in [6.45, 7) is 5.40. The third kappa shape index (κ3) is 4.57. The van der Waals surface area contributed by atoms with Crippen molar-refractivity contribution in [2.45, 2.75) is 52.0 Å². The van der Waals surface area contributed by atoms with Crippen LogP contribution >= 0.6 is 0 Å². The summed E-state index contributed by atoms with van der Waals surface area (Å²) < 4.78 is 26.1. The molecule has 1 saturated carbocycles. The van der Waals surface area contributed by atoms with Crippen LogP contribution in [-0.2, 0) is 6.42 Å². The standard InChI is InChI=1S/C16H23F2N/c1-16(2)6-3-4-15(11-16)19-7-5-12-8-13(17)10-14(18)9-12/h8-10,15,19H,3-7,11H2,1-2H3. The Hall–Kier alpha value is -0.960. The number of benzene rings is 1. The maximum Gasteiger partial charge on any atom is 0.126 e. The molecule has 0 amide bonds. The fraction of sp³-hybridized carbons (Fsp3) is 0.625. The van der Waals surface area contributed by atoms with Crippen molar-refractivity contribution in [1.29, 1.82) is 0 Å². The van der Waals surface area contributed by atoms with Gasteiger partial charge in [-0.2, -0.15) is 0 Å². The van der Waals surface area contributed by atoms with Gasteiger partial charge in [-0.15, -0.1) is 0 Å². The number of nitrogens with one attached hydrogen (secondary N) is 1. The minimum Gasteiger partial charge on any atom is -0.314 e. The predicted octanol–water partition coefficient (Wildman–Crippen LogP) is 4.07. The first-order chi connectivity index (χ1) is 8.94. The van der Waals surface area contributed by atoms with Gasteiger partial charge in [-0.1, -0.05) is 20.3 Å². The van der Waals surface area contributed by atoms with E-state index in [2.05, 4.69) is 19.2 Å². The predicted molar refractivity (Wildman–Crippen MR) is 74.1 cm³/mol. The Morgan fingerprint density at radius 2 is 1.89 bits per heavy atom. The summed E-state index contributed by atoms with van der Waals surface area (Å²) >= 11 is 0. The van der Waals surface area contributed by atoms with E-state index in [1.807, 2.05) is 0 Å². The van der Waals surface area contributed by atoms with Crippen LogP contribution in [0.2, 0.25) is 0 Å². The van der Waals surface area contributed by atoms with E-state index in [1.165, 1.54) is 37.8 Å². The number of hydrogen-bond acceptors (Lipinski definition) is 1. The number of halogens is 2. The van der Waals surface area contributed by atoms with Crippen molar-refractivity contribution in [2.24, 2.45) is 5.41 Å². The molecule has 19 heavy (non-hydrogen) atoms. The average Bonchev–Trinajstić information content (AvgIpc) is 2.26. The van der Waals surface area contributed by atoms with Crippen molar-refractivity contribution in [3.8, 4) is 0 Å². The molecule has 0 aromatic heterocycles. The summed E-state index contributed by atoms with van der Waals surface area (Å²) in [5, 5.41) is 3.52. The minimum atomic E-state index is -0.492. The van der Waals surface area contributed by atoms with E-state index >= 15 is 0 Å². The SMILES string of the molecule is CC1(C)CCCC(NCCc2cc(F)cc(F)c2)C1. The lowest BCUT2D eigenvalue weighted by Crippen LogP contribution is -2.38. The molecule has 0 aliphatic heterocycles. The van der Waals surface area contributed by atoms with Crippen LogP contribution in [0.5, 0.6) is 0 Å². The van der Waals surface area contributed by atoms with Crippen LogP contribution in [0.25, 0.3) is 0 Å². The van der Waals surface area contributed by atoms with E-state index in [-0.39, 0.29) is 0 Å². The van der Waals surface area contributed by atoms with Gasteiger partial charge < -0.3 is 5.32 Å². The Labute approximate surface area is 114 Å². The van der Waals surface area contributed by atoms with Crippen LogP contribution in [0.1, 0.15) is 45.1 Å². The smallest absolute Gasteiger partial charge is 0.126 e. The summed E-state index contributed by atoms with van der Waals surface area (Å²) in [5.74, 6) is -0.984. The molecule has 1 aromatic rings. The first kappa shape index (κ1) is 14.4. The third-order valence-electron chi connectivity index (χ3n) is 3.97. The van der Waals surface area contributed by atoms with E-state index in [4.69, 9.17) is 0 Å². The Balaban J connectivity index is 1.80. The molecule has 1 unspecified atom stereocenters. The number of hydrogen-bond donors (Lipinski definition) is 1. The van der Waals surface area contributed by atoms with Gasteiger partial charge in [0.2, 0.25) is 0 Å². The molecule has 0 bridgehead atoms. The topological polar surface area (TPSA) is 12.0 Å². The maximum atomic E-state index is 13.1. The Bertz CT molecular complexity index is 409. The van der Waals surface area contributed by atoms with Gasteiger partial charge in [0.1, 0.15) is 11.6 Å². The molecule has 1 N–H and O–H groups in total. The zero-order valence-corrected chi connectivity index (χ0v) is 11.8. The molecule has 0 saturated heterocycles. The van der Waals surface area contributed by atoms with Crippen LogP contribution in [0, 0.1) is 17.0 Å². The minimum absolute atomic E-state index is 0.418. The van der Waals surface area contributed by atoms with Crippen molar-refractivity contribution >= 4 is 0 Å². The van der Waals surface area contributed by atoms with Gasteiger partial charge in [-0.25, -0.2) is 8.78 Å². The molecule has 3 heteroatoms. The van der Waals surface area contributed by atoms with Crippen molar-refractivity contribution in [1.82, 2.24) is 5.32 Å². The average molecular weight is 267 g/mol. The molecule has 0 spiro atoms. The van der Waals surface area contributed by atoms with E-state index in [0.29, 0.717) is 17.9 Å². The lowest BCUT2D eigenvalue weighted by molar-refractivity contribution is 0.199. The van der Waals surface area contributed by atoms with E-state index in [1.54, 1.807) is 0 Å². The monoisotopic (exact) mass is 267 g/mol. The quantitative estimate of drug-likeness (QED) is 0.867. The molecule has 0 heterocycles. The summed E-state index contributed by atoms with van der Waals surface area (Å²) in [7, 11) is 0. The summed E-state index contributed by atoms with van der Waals surface area (Å²) in [6, 6.07) is 4.29. The van der Waals surface area contributed by atoms with E-state index in [0.717, 1.165) is 18.2 Å². The second kappa shape index (κ2) is 6.00. The maximum absolute atomic E-state index is 13.1. The van der Waals surface area contributed by atoms with Crippen LogP contribution < -0.4 is 5.32 Å². The summed E-state index contributed by atoms with van der Waals surface area (Å²) in [5.41, 5.74) is 1.14. The molecule has 2 rings (SSSR count). The third-order valence-corrected chi connectivity index (χ3v) is 3.97. The largest absolute Gasteiger partial charge is 0.314 e. The Morgan fingerprint density at radius 3 is 2.53 bits per heavy atom. The van der Waals surface area contributed by atoms with Gasteiger partial charge in [0.05, 0.1) is 0 Å². The highest BCUT2D eigenvalue weighted by Gasteiger charge is 2.27. The molecule has 1 aromatic carbocycles. The molecule has 1 fully saturated rings. The van der Waals surface area contributed by atoms with Gasteiger partial charge >= 0.3 is 0 Å². The molecule has 1 nitrogen and oxygen atoms in total. The first-order valence-corrected chi connectivity index (χ1v) is 7.13. The normalized spacial score (nSPS) is 22.4. The fourth-order valence-electron chi connectivity index (χ4n) is 3.05. The van der Waals surface area contributed by atoms with Crippen LogP contribution in [0.15, 0.2) is 18.2 Å².